The molecule has 0 amide bonds. The van der Waals surface area contributed by atoms with E-state index in [0.29, 0.717) is 6.42 Å². The summed E-state index contributed by atoms with van der Waals surface area (Å²) in [5.41, 5.74) is 6.99. The lowest BCUT2D eigenvalue weighted by atomic mass is 10.1. The summed E-state index contributed by atoms with van der Waals surface area (Å²) in [7, 11) is 0. The van der Waals surface area contributed by atoms with Crippen LogP contribution in [0.2, 0.25) is 0 Å². The third kappa shape index (κ3) is 3.16. The summed E-state index contributed by atoms with van der Waals surface area (Å²) >= 11 is 1.59. The molecule has 0 fully saturated rings. The molecule has 4 heteroatoms. The molecule has 1 heterocycles. The summed E-state index contributed by atoms with van der Waals surface area (Å²) in [6.07, 6.45) is 0.646. The minimum atomic E-state index is -0.788. The molecule has 0 saturated heterocycles. The molecule has 13 heavy (non-hydrogen) atoms. The quantitative estimate of drug-likeness (QED) is 0.778. The van der Waals surface area contributed by atoms with Crippen molar-refractivity contribution in [2.24, 2.45) is 5.73 Å². The number of thiophene rings is 1. The van der Waals surface area contributed by atoms with Crippen molar-refractivity contribution in [3.63, 3.8) is 0 Å². The molecule has 0 spiro atoms. The fourth-order valence-corrected chi connectivity index (χ4v) is 2.01. The lowest BCUT2D eigenvalue weighted by Crippen LogP contribution is -2.10. The second-order valence-corrected chi connectivity index (χ2v) is 4.01. The number of carboxylic acid groups (broad SMARTS) is 1. The van der Waals surface area contributed by atoms with E-state index < -0.39 is 5.97 Å². The predicted molar refractivity (Wildman–Crippen MR) is 52.9 cm³/mol. The van der Waals surface area contributed by atoms with Crippen LogP contribution in [-0.2, 0) is 4.79 Å². The highest BCUT2D eigenvalue weighted by Gasteiger charge is 2.09. The maximum Gasteiger partial charge on any atom is 0.303 e. The Bertz CT molecular complexity index is 296. The van der Waals surface area contributed by atoms with Crippen LogP contribution in [0.4, 0.5) is 0 Å². The van der Waals surface area contributed by atoms with Crippen molar-refractivity contribution < 1.29 is 9.90 Å². The van der Waals surface area contributed by atoms with Gasteiger partial charge in [0.1, 0.15) is 0 Å². The van der Waals surface area contributed by atoms with Crippen LogP contribution in [0, 0.1) is 6.92 Å². The van der Waals surface area contributed by atoms with Crippen LogP contribution in [0.15, 0.2) is 11.4 Å². The number of aliphatic carboxylic acids is 1. The molecule has 0 aromatic carbocycles. The summed E-state index contributed by atoms with van der Waals surface area (Å²) in [6.45, 7) is 2.00. The first-order valence-corrected chi connectivity index (χ1v) is 5.00. The second kappa shape index (κ2) is 4.39. The molecule has 0 saturated carbocycles. The van der Waals surface area contributed by atoms with Crippen molar-refractivity contribution in [2.75, 3.05) is 0 Å². The van der Waals surface area contributed by atoms with Crippen molar-refractivity contribution in [2.45, 2.75) is 25.8 Å². The van der Waals surface area contributed by atoms with Gasteiger partial charge in [0.15, 0.2) is 0 Å². The molecule has 0 aliphatic rings. The fourth-order valence-electron chi connectivity index (χ4n) is 1.07. The highest BCUT2D eigenvalue weighted by atomic mass is 32.1. The lowest BCUT2D eigenvalue weighted by molar-refractivity contribution is -0.137. The first-order chi connectivity index (χ1) is 6.09. The maximum atomic E-state index is 10.3. The monoisotopic (exact) mass is 199 g/mol. The Kier molecular flexibility index (Phi) is 3.45. The van der Waals surface area contributed by atoms with Crippen molar-refractivity contribution in [3.8, 4) is 0 Å². The van der Waals surface area contributed by atoms with Crippen LogP contribution in [0.25, 0.3) is 0 Å². The van der Waals surface area contributed by atoms with Gasteiger partial charge in [-0.2, -0.15) is 0 Å². The standard InChI is InChI=1S/C9H13NO2S/c1-6-4-8(13-5-6)7(10)2-3-9(11)12/h4-5,7H,2-3,10H2,1H3,(H,11,12). The highest BCUT2D eigenvalue weighted by molar-refractivity contribution is 7.10. The number of nitrogens with two attached hydrogens (primary N) is 1. The zero-order valence-corrected chi connectivity index (χ0v) is 8.30. The number of carbonyl (C=O) groups is 1. The Hall–Kier alpha value is -0.870. The summed E-state index contributed by atoms with van der Waals surface area (Å²) < 4.78 is 0. The van der Waals surface area contributed by atoms with Gasteiger partial charge >= 0.3 is 5.97 Å². The minimum Gasteiger partial charge on any atom is -0.481 e. The van der Waals surface area contributed by atoms with Crippen molar-refractivity contribution in [1.82, 2.24) is 0 Å². The van der Waals surface area contributed by atoms with Gasteiger partial charge in [-0.1, -0.05) is 0 Å². The molecule has 0 bridgehead atoms. The van der Waals surface area contributed by atoms with Crippen molar-refractivity contribution in [3.05, 3.63) is 21.9 Å². The molecule has 0 aliphatic heterocycles. The molecule has 72 valence electrons. The zero-order chi connectivity index (χ0) is 9.84. The van der Waals surface area contributed by atoms with Crippen LogP contribution >= 0.6 is 11.3 Å². The van der Waals surface area contributed by atoms with E-state index >= 15 is 0 Å². The van der Waals surface area contributed by atoms with Crippen LogP contribution in [-0.4, -0.2) is 11.1 Å². The average Bonchev–Trinajstić information content (AvgIpc) is 2.47. The zero-order valence-electron chi connectivity index (χ0n) is 7.49. The van der Waals surface area contributed by atoms with Gasteiger partial charge in [-0.05, 0) is 30.4 Å². The highest BCUT2D eigenvalue weighted by Crippen LogP contribution is 2.23. The van der Waals surface area contributed by atoms with Gasteiger partial charge < -0.3 is 10.8 Å². The van der Waals surface area contributed by atoms with Crippen molar-refractivity contribution >= 4 is 17.3 Å². The maximum absolute atomic E-state index is 10.3. The molecule has 3 N–H and O–H groups in total. The molecule has 0 aliphatic carbocycles. The van der Waals surface area contributed by atoms with E-state index in [1.54, 1.807) is 11.3 Å². The largest absolute Gasteiger partial charge is 0.481 e. The van der Waals surface area contributed by atoms with E-state index in [0.717, 1.165) is 4.88 Å². The van der Waals surface area contributed by atoms with E-state index in [2.05, 4.69) is 0 Å². The normalized spacial score (nSPS) is 12.8. The van der Waals surface area contributed by atoms with Gasteiger partial charge in [0.25, 0.3) is 0 Å². The second-order valence-electron chi connectivity index (χ2n) is 3.07. The van der Waals surface area contributed by atoms with Crippen LogP contribution in [0.5, 0.6) is 0 Å². The molecule has 1 rings (SSSR count). The molecule has 3 nitrogen and oxygen atoms in total. The minimum absolute atomic E-state index is 0.130. The van der Waals surface area contributed by atoms with Gasteiger partial charge in [-0.25, -0.2) is 0 Å². The lowest BCUT2D eigenvalue weighted by Gasteiger charge is -2.06. The van der Waals surface area contributed by atoms with E-state index in [4.69, 9.17) is 10.8 Å². The smallest absolute Gasteiger partial charge is 0.303 e. The Morgan fingerprint density at radius 3 is 2.92 bits per heavy atom. The van der Waals surface area contributed by atoms with Crippen LogP contribution in [0.3, 0.4) is 0 Å². The summed E-state index contributed by atoms with van der Waals surface area (Å²) in [5, 5.41) is 10.5. The Labute approximate surface area is 81.2 Å². The molecule has 1 atom stereocenters. The van der Waals surface area contributed by atoms with Crippen LogP contribution < -0.4 is 5.73 Å². The van der Waals surface area contributed by atoms with Crippen molar-refractivity contribution in [1.29, 1.82) is 0 Å². The van der Waals surface area contributed by atoms with E-state index in [1.807, 2.05) is 18.4 Å². The Morgan fingerprint density at radius 1 is 1.77 bits per heavy atom. The van der Waals surface area contributed by atoms with E-state index in [9.17, 15) is 4.79 Å². The fraction of sp³-hybridized carbons (Fsp3) is 0.444. The van der Waals surface area contributed by atoms with E-state index in [-0.39, 0.29) is 12.5 Å². The Morgan fingerprint density at radius 2 is 2.46 bits per heavy atom. The Balaban J connectivity index is 2.48. The SMILES string of the molecule is Cc1csc(C(N)CCC(=O)O)c1. The van der Waals surface area contributed by atoms with Crippen LogP contribution in [0.1, 0.15) is 29.3 Å². The molecule has 1 unspecified atom stereocenters. The number of aryl methyl sites for hydroxylation is 1. The number of hydrogen-bond donors (Lipinski definition) is 2. The van der Waals surface area contributed by atoms with E-state index in [1.165, 1.54) is 5.56 Å². The summed E-state index contributed by atoms with van der Waals surface area (Å²) in [6, 6.07) is 1.88. The van der Waals surface area contributed by atoms with Gasteiger partial charge in [-0.3, -0.25) is 4.79 Å². The first kappa shape index (κ1) is 10.2. The number of rotatable bonds is 4. The molecule has 1 aromatic rings. The third-order valence-electron chi connectivity index (χ3n) is 1.79. The number of hydrogen-bond acceptors (Lipinski definition) is 3. The topological polar surface area (TPSA) is 63.3 Å². The van der Waals surface area contributed by atoms with Gasteiger partial charge in [0, 0.05) is 17.3 Å². The van der Waals surface area contributed by atoms with Gasteiger partial charge in [0.05, 0.1) is 0 Å². The van der Waals surface area contributed by atoms with Gasteiger partial charge in [0.2, 0.25) is 0 Å². The first-order valence-electron chi connectivity index (χ1n) is 4.12. The molecular formula is C9H13NO2S. The van der Waals surface area contributed by atoms with Gasteiger partial charge in [-0.15, -0.1) is 11.3 Å². The predicted octanol–water partition coefficient (Wildman–Crippen LogP) is 1.92. The molecule has 0 radical (unpaired) electrons. The average molecular weight is 199 g/mol. The molecular weight excluding hydrogens is 186 g/mol. The third-order valence-corrected chi connectivity index (χ3v) is 2.97. The summed E-state index contributed by atoms with van der Waals surface area (Å²) in [5.74, 6) is -0.788. The molecule has 1 aromatic heterocycles. The summed E-state index contributed by atoms with van der Waals surface area (Å²) in [4.78, 5) is 11.4. The number of carboxylic acids is 1.